The van der Waals surface area contributed by atoms with Crippen LogP contribution in [0.15, 0.2) is 36.4 Å². The summed E-state index contributed by atoms with van der Waals surface area (Å²) in [6.45, 7) is 0.768. The number of thiophene rings is 1. The van der Waals surface area contributed by atoms with E-state index in [2.05, 4.69) is 17.2 Å². The number of carbonyl (C=O) groups is 1. The SMILES string of the molecule is N#Cc1cccc(C(=O)NCc2ccc(C#CCN)s2)c1. The Hall–Kier alpha value is -2.60. The molecule has 0 atom stereocenters. The fourth-order valence-corrected chi connectivity index (χ4v) is 2.50. The van der Waals surface area contributed by atoms with E-state index in [1.165, 1.54) is 11.3 Å². The summed E-state index contributed by atoms with van der Waals surface area (Å²) < 4.78 is 0. The van der Waals surface area contributed by atoms with Gasteiger partial charge in [-0.2, -0.15) is 5.26 Å². The Kier molecular flexibility index (Phi) is 5.11. The number of nitrogens with zero attached hydrogens (tertiary/aromatic N) is 1. The first kappa shape index (κ1) is 14.8. The molecule has 4 nitrogen and oxygen atoms in total. The van der Waals surface area contributed by atoms with Gasteiger partial charge in [0.15, 0.2) is 0 Å². The smallest absolute Gasteiger partial charge is 0.251 e. The number of nitriles is 1. The van der Waals surface area contributed by atoms with Gasteiger partial charge in [0.2, 0.25) is 0 Å². The van der Waals surface area contributed by atoms with Crippen molar-refractivity contribution in [3.8, 4) is 17.9 Å². The predicted octanol–water partition coefficient (Wildman–Crippen LogP) is 1.86. The largest absolute Gasteiger partial charge is 0.347 e. The van der Waals surface area contributed by atoms with E-state index in [1.807, 2.05) is 18.2 Å². The maximum atomic E-state index is 12.0. The molecule has 5 heteroatoms. The van der Waals surface area contributed by atoms with Crippen LogP contribution < -0.4 is 11.1 Å². The van der Waals surface area contributed by atoms with Gasteiger partial charge >= 0.3 is 0 Å². The van der Waals surface area contributed by atoms with Crippen molar-refractivity contribution in [2.75, 3.05) is 6.54 Å². The highest BCUT2D eigenvalue weighted by Crippen LogP contribution is 2.15. The number of carbonyl (C=O) groups excluding carboxylic acids is 1. The maximum absolute atomic E-state index is 12.0. The van der Waals surface area contributed by atoms with E-state index >= 15 is 0 Å². The fourth-order valence-electron chi connectivity index (χ4n) is 1.68. The van der Waals surface area contributed by atoms with Crippen molar-refractivity contribution < 1.29 is 4.79 Å². The Morgan fingerprint density at radius 2 is 2.19 bits per heavy atom. The summed E-state index contributed by atoms with van der Waals surface area (Å²) in [4.78, 5) is 13.9. The molecule has 1 amide bonds. The standard InChI is InChI=1S/C16H13N3OS/c17-8-2-5-14-6-7-15(21-14)11-19-16(20)13-4-1-3-12(9-13)10-18/h1,3-4,6-7,9H,8,11,17H2,(H,19,20). The van der Waals surface area contributed by atoms with Crippen molar-refractivity contribution >= 4 is 17.2 Å². The van der Waals surface area contributed by atoms with Crippen molar-refractivity contribution in [2.24, 2.45) is 5.73 Å². The van der Waals surface area contributed by atoms with Crippen LogP contribution in [0.1, 0.15) is 25.7 Å². The number of rotatable bonds is 3. The summed E-state index contributed by atoms with van der Waals surface area (Å²) in [5, 5.41) is 11.6. The fraction of sp³-hybridized carbons (Fsp3) is 0.125. The zero-order valence-electron chi connectivity index (χ0n) is 11.2. The first-order valence-corrected chi connectivity index (χ1v) is 7.10. The van der Waals surface area contributed by atoms with E-state index in [-0.39, 0.29) is 5.91 Å². The molecule has 2 aromatic rings. The molecule has 0 bridgehead atoms. The second kappa shape index (κ2) is 7.25. The highest BCUT2D eigenvalue weighted by molar-refractivity contribution is 7.12. The summed E-state index contributed by atoms with van der Waals surface area (Å²) >= 11 is 1.52. The highest BCUT2D eigenvalue weighted by Gasteiger charge is 2.06. The average molecular weight is 295 g/mol. The molecule has 3 N–H and O–H groups in total. The number of hydrogen-bond acceptors (Lipinski definition) is 4. The Bertz CT molecular complexity index is 747. The topological polar surface area (TPSA) is 78.9 Å². The molecule has 21 heavy (non-hydrogen) atoms. The molecule has 0 aliphatic rings. The van der Waals surface area contributed by atoms with E-state index < -0.39 is 0 Å². The van der Waals surface area contributed by atoms with Gasteiger partial charge in [-0.05, 0) is 30.3 Å². The molecular formula is C16H13N3OS. The summed E-state index contributed by atoms with van der Waals surface area (Å²) in [7, 11) is 0. The first-order chi connectivity index (χ1) is 10.2. The molecule has 1 aromatic carbocycles. The molecule has 104 valence electrons. The van der Waals surface area contributed by atoms with E-state index in [1.54, 1.807) is 24.3 Å². The van der Waals surface area contributed by atoms with Gasteiger partial charge in [-0.25, -0.2) is 0 Å². The van der Waals surface area contributed by atoms with Gasteiger partial charge in [0.05, 0.1) is 29.6 Å². The lowest BCUT2D eigenvalue weighted by atomic mass is 10.1. The molecule has 0 aliphatic heterocycles. The third-order valence-electron chi connectivity index (χ3n) is 2.65. The third kappa shape index (κ3) is 4.19. The Balaban J connectivity index is 1.97. The van der Waals surface area contributed by atoms with Crippen LogP contribution in [-0.4, -0.2) is 12.5 Å². The number of nitrogens with one attached hydrogen (secondary N) is 1. The molecule has 0 spiro atoms. The molecule has 0 saturated carbocycles. The second-order valence-corrected chi connectivity index (χ2v) is 5.32. The van der Waals surface area contributed by atoms with E-state index in [0.29, 0.717) is 24.2 Å². The molecule has 1 heterocycles. The number of benzene rings is 1. The zero-order valence-corrected chi connectivity index (χ0v) is 12.0. The van der Waals surface area contributed by atoms with E-state index in [9.17, 15) is 4.79 Å². The van der Waals surface area contributed by atoms with Crippen molar-refractivity contribution in [3.63, 3.8) is 0 Å². The normalized spacial score (nSPS) is 9.33. The Morgan fingerprint density at radius 1 is 1.33 bits per heavy atom. The molecular weight excluding hydrogens is 282 g/mol. The zero-order chi connectivity index (χ0) is 15.1. The van der Waals surface area contributed by atoms with Crippen LogP contribution in [0.5, 0.6) is 0 Å². The maximum Gasteiger partial charge on any atom is 0.251 e. The van der Waals surface area contributed by atoms with Gasteiger partial charge < -0.3 is 11.1 Å². The van der Waals surface area contributed by atoms with Crippen molar-refractivity contribution in [3.05, 3.63) is 57.3 Å². The van der Waals surface area contributed by atoms with Crippen molar-refractivity contribution in [2.45, 2.75) is 6.54 Å². The molecule has 2 rings (SSSR count). The number of nitrogens with two attached hydrogens (primary N) is 1. The van der Waals surface area contributed by atoms with Crippen LogP contribution in [-0.2, 0) is 6.54 Å². The van der Waals surface area contributed by atoms with E-state index in [4.69, 9.17) is 11.0 Å². The lowest BCUT2D eigenvalue weighted by Gasteiger charge is -2.03. The minimum Gasteiger partial charge on any atom is -0.347 e. The molecule has 0 radical (unpaired) electrons. The minimum atomic E-state index is -0.199. The quantitative estimate of drug-likeness (QED) is 0.848. The van der Waals surface area contributed by atoms with Crippen LogP contribution >= 0.6 is 11.3 Å². The van der Waals surface area contributed by atoms with Crippen LogP contribution in [0.3, 0.4) is 0 Å². The van der Waals surface area contributed by atoms with Gasteiger partial charge in [0.25, 0.3) is 5.91 Å². The van der Waals surface area contributed by atoms with Crippen molar-refractivity contribution in [1.29, 1.82) is 5.26 Å². The molecule has 1 aromatic heterocycles. The average Bonchev–Trinajstić information content (AvgIpc) is 2.98. The number of amides is 1. The number of hydrogen-bond donors (Lipinski definition) is 2. The Labute approximate surface area is 127 Å². The molecule has 0 aliphatic carbocycles. The molecule has 0 saturated heterocycles. The van der Waals surface area contributed by atoms with E-state index in [0.717, 1.165) is 9.75 Å². The summed E-state index contributed by atoms with van der Waals surface area (Å²) in [5.41, 5.74) is 6.27. The lowest BCUT2D eigenvalue weighted by molar-refractivity contribution is 0.0951. The van der Waals surface area contributed by atoms with Gasteiger partial charge in [-0.3, -0.25) is 4.79 Å². The monoisotopic (exact) mass is 295 g/mol. The molecule has 0 unspecified atom stereocenters. The summed E-state index contributed by atoms with van der Waals surface area (Å²) in [6.07, 6.45) is 0. The third-order valence-corrected chi connectivity index (χ3v) is 3.65. The first-order valence-electron chi connectivity index (χ1n) is 6.29. The van der Waals surface area contributed by atoms with Crippen LogP contribution in [0.25, 0.3) is 0 Å². The van der Waals surface area contributed by atoms with Gasteiger partial charge in [-0.1, -0.05) is 17.9 Å². The highest BCUT2D eigenvalue weighted by atomic mass is 32.1. The molecule has 0 fully saturated rings. The van der Waals surface area contributed by atoms with Gasteiger partial charge in [0, 0.05) is 10.4 Å². The van der Waals surface area contributed by atoms with Crippen molar-refractivity contribution in [1.82, 2.24) is 5.32 Å². The van der Waals surface area contributed by atoms with Gasteiger partial charge in [0.1, 0.15) is 0 Å². The lowest BCUT2D eigenvalue weighted by Crippen LogP contribution is -2.22. The van der Waals surface area contributed by atoms with Crippen LogP contribution in [0.4, 0.5) is 0 Å². The Morgan fingerprint density at radius 3 is 2.95 bits per heavy atom. The summed E-state index contributed by atoms with van der Waals surface area (Å²) in [6, 6.07) is 12.5. The van der Waals surface area contributed by atoms with Gasteiger partial charge in [-0.15, -0.1) is 11.3 Å². The summed E-state index contributed by atoms with van der Waals surface area (Å²) in [5.74, 6) is 5.55. The van der Waals surface area contributed by atoms with Crippen LogP contribution in [0.2, 0.25) is 0 Å². The predicted molar refractivity (Wildman–Crippen MR) is 82.6 cm³/mol. The van der Waals surface area contributed by atoms with Crippen LogP contribution in [0, 0.1) is 23.2 Å². The second-order valence-electron chi connectivity index (χ2n) is 4.15. The minimum absolute atomic E-state index is 0.199.